The van der Waals surface area contributed by atoms with Crippen LogP contribution in [0.1, 0.15) is 41.6 Å². The average molecular weight is 473 g/mol. The van der Waals surface area contributed by atoms with E-state index >= 15 is 0 Å². The summed E-state index contributed by atoms with van der Waals surface area (Å²) in [6, 6.07) is 3.53. The molecule has 0 amide bonds. The maximum atomic E-state index is 12.7. The van der Waals surface area contributed by atoms with Crippen molar-refractivity contribution in [3.05, 3.63) is 39.4 Å². The van der Waals surface area contributed by atoms with Crippen molar-refractivity contribution in [1.29, 1.82) is 0 Å². The van der Waals surface area contributed by atoms with Crippen LogP contribution in [-0.2, 0) is 16.0 Å². The van der Waals surface area contributed by atoms with Crippen LogP contribution in [0.5, 0.6) is 5.88 Å². The molecule has 0 aliphatic carbocycles. The van der Waals surface area contributed by atoms with E-state index in [-0.39, 0.29) is 23.4 Å². The molecular formula is C20H25ClN2O5S2. The van der Waals surface area contributed by atoms with E-state index in [4.69, 9.17) is 21.4 Å². The van der Waals surface area contributed by atoms with Crippen molar-refractivity contribution in [3.8, 4) is 5.88 Å². The normalized spacial score (nSPS) is 10.2. The number of nitrogens with one attached hydrogen (secondary N) is 1. The number of ketones is 1. The number of rotatable bonds is 10. The number of thioether (sulfide) groups is 1. The van der Waals surface area contributed by atoms with E-state index in [0.717, 1.165) is 28.1 Å². The largest absolute Gasteiger partial charge is 0.481 e. The van der Waals surface area contributed by atoms with Gasteiger partial charge >= 0.3 is 5.97 Å². The molecule has 0 unspecified atom stereocenters. The van der Waals surface area contributed by atoms with E-state index in [9.17, 15) is 14.4 Å². The van der Waals surface area contributed by atoms with E-state index in [1.54, 1.807) is 17.4 Å². The highest BCUT2D eigenvalue weighted by Crippen LogP contribution is 2.31. The summed E-state index contributed by atoms with van der Waals surface area (Å²) in [5, 5.41) is 12.3. The first-order valence-corrected chi connectivity index (χ1v) is 11.5. The summed E-state index contributed by atoms with van der Waals surface area (Å²) in [7, 11) is 1.81. The van der Waals surface area contributed by atoms with Gasteiger partial charge in [0.15, 0.2) is 5.78 Å². The molecule has 0 saturated heterocycles. The van der Waals surface area contributed by atoms with Gasteiger partial charge < -0.3 is 20.0 Å². The van der Waals surface area contributed by atoms with E-state index < -0.39 is 5.97 Å². The topological polar surface area (TPSA) is 106 Å². The Balaban J connectivity index is 0.000000479. The van der Waals surface area contributed by atoms with Gasteiger partial charge in [-0.15, -0.1) is 23.1 Å². The van der Waals surface area contributed by atoms with Crippen LogP contribution in [0.2, 0.25) is 5.02 Å². The van der Waals surface area contributed by atoms with Crippen LogP contribution >= 0.6 is 34.7 Å². The first-order valence-electron chi connectivity index (χ1n) is 9.13. The molecule has 2 N–H and O–H groups in total. The van der Waals surface area contributed by atoms with Crippen LogP contribution in [0.25, 0.3) is 0 Å². The van der Waals surface area contributed by atoms with Gasteiger partial charge in [-0.3, -0.25) is 9.59 Å². The number of carboxylic acids is 1. The second kappa shape index (κ2) is 13.3. The molecular weight excluding hydrogens is 448 g/mol. The molecule has 7 nitrogen and oxygen atoms in total. The number of aliphatic carboxylic acids is 1. The standard InChI is InChI=1S/C16H19ClN2O2S.C4H6O3S/c1-5-11-7-12(16(18-4)22-11)14(20)10-6-13(17)15(19-8-10)21-9(2)3;5-1-2-8-3-4(6)7/h6-9,18H,5H2,1-4H3;1H,2-3H2,(H,6,7). The second-order valence-corrected chi connectivity index (χ2v) is 8.72. The van der Waals surface area contributed by atoms with Crippen LogP contribution in [0.4, 0.5) is 5.00 Å². The fraction of sp³-hybridized carbons (Fsp3) is 0.400. The van der Waals surface area contributed by atoms with Gasteiger partial charge in [-0.25, -0.2) is 4.98 Å². The van der Waals surface area contributed by atoms with Gasteiger partial charge in [0.25, 0.3) is 0 Å². The Labute approximate surface area is 189 Å². The highest BCUT2D eigenvalue weighted by Gasteiger charge is 2.18. The third kappa shape index (κ3) is 8.33. The summed E-state index contributed by atoms with van der Waals surface area (Å²) in [4.78, 5) is 37.3. The molecule has 0 fully saturated rings. The summed E-state index contributed by atoms with van der Waals surface area (Å²) >= 11 is 8.84. The van der Waals surface area contributed by atoms with Gasteiger partial charge in [0.05, 0.1) is 22.4 Å². The Bertz CT molecular complexity index is 871. The van der Waals surface area contributed by atoms with Gasteiger partial charge in [0.1, 0.15) is 11.3 Å². The third-order valence-corrected chi connectivity index (χ3v) is 5.82. The molecule has 2 aromatic heterocycles. The summed E-state index contributed by atoms with van der Waals surface area (Å²) in [5.41, 5.74) is 1.11. The van der Waals surface area contributed by atoms with Gasteiger partial charge in [0, 0.05) is 29.4 Å². The Kier molecular flexibility index (Phi) is 11.5. The molecule has 0 aliphatic rings. The monoisotopic (exact) mass is 472 g/mol. The first kappa shape index (κ1) is 25.9. The number of thiophene rings is 1. The molecule has 2 aromatic rings. The number of nitrogens with zero attached hydrogens (tertiary/aromatic N) is 1. The summed E-state index contributed by atoms with van der Waals surface area (Å²) in [5.74, 6) is -0.338. The van der Waals surface area contributed by atoms with Gasteiger partial charge in [-0.2, -0.15) is 0 Å². The molecule has 0 spiro atoms. The van der Waals surface area contributed by atoms with Crippen molar-refractivity contribution in [2.45, 2.75) is 33.3 Å². The highest BCUT2D eigenvalue weighted by molar-refractivity contribution is 8.00. The number of aryl methyl sites for hydroxylation is 1. The fourth-order valence-corrected chi connectivity index (χ4v) is 3.73. The minimum absolute atomic E-state index is 0.0126. The van der Waals surface area contributed by atoms with E-state index in [0.29, 0.717) is 28.3 Å². The van der Waals surface area contributed by atoms with Crippen molar-refractivity contribution < 1.29 is 24.2 Å². The minimum Gasteiger partial charge on any atom is -0.481 e. The summed E-state index contributed by atoms with van der Waals surface area (Å²) < 4.78 is 5.49. The zero-order valence-electron chi connectivity index (χ0n) is 17.2. The van der Waals surface area contributed by atoms with E-state index in [2.05, 4.69) is 17.2 Å². The number of halogens is 1. The number of aldehydes is 1. The molecule has 2 rings (SSSR count). The minimum atomic E-state index is -0.878. The Hall–Kier alpha value is -2.10. The maximum Gasteiger partial charge on any atom is 0.313 e. The third-order valence-electron chi connectivity index (χ3n) is 3.43. The SMILES string of the molecule is CCc1cc(C(=O)c2cnc(OC(C)C)c(Cl)c2)c(NC)s1.O=CCSCC(=O)O. The van der Waals surface area contributed by atoms with Gasteiger partial charge in [0.2, 0.25) is 5.88 Å². The molecule has 0 aromatic carbocycles. The zero-order chi connectivity index (χ0) is 22.7. The Morgan fingerprint density at radius 3 is 2.60 bits per heavy atom. The number of anilines is 1. The molecule has 30 heavy (non-hydrogen) atoms. The number of aromatic nitrogens is 1. The van der Waals surface area contributed by atoms with E-state index in [1.165, 1.54) is 6.20 Å². The Morgan fingerprint density at radius 2 is 2.10 bits per heavy atom. The number of hydrogen-bond acceptors (Lipinski definition) is 8. The predicted octanol–water partition coefficient (Wildman–Crippen LogP) is 4.42. The van der Waals surface area contributed by atoms with Crippen LogP contribution in [0.15, 0.2) is 18.3 Å². The van der Waals surface area contributed by atoms with Crippen molar-refractivity contribution in [2.24, 2.45) is 0 Å². The molecule has 0 aliphatic heterocycles. The Morgan fingerprint density at radius 1 is 1.40 bits per heavy atom. The summed E-state index contributed by atoms with van der Waals surface area (Å²) in [6.45, 7) is 5.86. The average Bonchev–Trinajstić information content (AvgIpc) is 3.12. The zero-order valence-corrected chi connectivity index (χ0v) is 19.6. The van der Waals surface area contributed by atoms with Crippen molar-refractivity contribution >= 4 is 57.7 Å². The number of carbonyl (C=O) groups is 3. The first-order chi connectivity index (χ1) is 14.2. The lowest BCUT2D eigenvalue weighted by Crippen LogP contribution is -2.09. The molecule has 10 heteroatoms. The number of carbonyl (C=O) groups excluding carboxylic acids is 2. The van der Waals surface area contributed by atoms with Crippen LogP contribution in [0, 0.1) is 0 Å². The number of ether oxygens (including phenoxy) is 1. The molecule has 2 heterocycles. The number of carboxylic acid groups (broad SMARTS) is 1. The van der Waals surface area contributed by atoms with Crippen LogP contribution < -0.4 is 10.1 Å². The van der Waals surface area contributed by atoms with Crippen molar-refractivity contribution in [1.82, 2.24) is 4.98 Å². The summed E-state index contributed by atoms with van der Waals surface area (Å²) in [6.07, 6.45) is 3.07. The van der Waals surface area contributed by atoms with Crippen molar-refractivity contribution in [3.63, 3.8) is 0 Å². The van der Waals surface area contributed by atoms with Crippen LogP contribution in [0.3, 0.4) is 0 Å². The lowest BCUT2D eigenvalue weighted by molar-refractivity contribution is -0.133. The van der Waals surface area contributed by atoms with Gasteiger partial charge in [-0.1, -0.05) is 18.5 Å². The van der Waals surface area contributed by atoms with E-state index in [1.807, 2.05) is 27.0 Å². The second-order valence-electron chi connectivity index (χ2n) is 6.14. The van der Waals surface area contributed by atoms with Crippen LogP contribution in [-0.4, -0.2) is 52.8 Å². The molecule has 164 valence electrons. The lowest BCUT2D eigenvalue weighted by Gasteiger charge is -2.10. The number of pyridine rings is 1. The maximum absolute atomic E-state index is 12.7. The smallest absolute Gasteiger partial charge is 0.313 e. The molecule has 0 atom stereocenters. The molecule has 0 radical (unpaired) electrons. The lowest BCUT2D eigenvalue weighted by atomic mass is 10.1. The molecule has 0 bridgehead atoms. The predicted molar refractivity (Wildman–Crippen MR) is 123 cm³/mol. The quantitative estimate of drug-likeness (QED) is 0.297. The van der Waals surface area contributed by atoms with Gasteiger partial charge in [-0.05, 0) is 32.4 Å². The highest BCUT2D eigenvalue weighted by atomic mass is 35.5. The van der Waals surface area contributed by atoms with Crippen molar-refractivity contribution in [2.75, 3.05) is 23.9 Å². The number of hydrogen-bond donors (Lipinski definition) is 2. The molecule has 0 saturated carbocycles. The fourth-order valence-electron chi connectivity index (χ4n) is 2.18.